The van der Waals surface area contributed by atoms with Crippen molar-refractivity contribution in [3.05, 3.63) is 48.0 Å². The van der Waals surface area contributed by atoms with Gasteiger partial charge in [-0.05, 0) is 24.6 Å². The quantitative estimate of drug-likeness (QED) is 0.902. The van der Waals surface area contributed by atoms with Crippen LogP contribution in [0, 0.1) is 5.82 Å². The number of benzene rings is 1. The second-order valence-electron chi connectivity index (χ2n) is 3.87. The molecule has 0 atom stereocenters. The molecule has 0 spiro atoms. The number of hydrogen-bond acceptors (Lipinski definition) is 2. The zero-order valence-electron chi connectivity index (χ0n) is 10.1. The fourth-order valence-corrected chi connectivity index (χ4v) is 1.66. The Kier molecular flexibility index (Phi) is 3.72. The van der Waals surface area contributed by atoms with Gasteiger partial charge in [-0.1, -0.05) is 19.1 Å². The minimum atomic E-state index is -0.451. The SMILES string of the molecule is CCCn1nccc1C(=O)Nc1ccccc1F. The fourth-order valence-electron chi connectivity index (χ4n) is 1.66. The lowest BCUT2D eigenvalue weighted by atomic mass is 10.3. The van der Waals surface area contributed by atoms with Gasteiger partial charge in [-0.3, -0.25) is 9.48 Å². The first-order valence-electron chi connectivity index (χ1n) is 5.80. The molecule has 0 saturated heterocycles. The van der Waals surface area contributed by atoms with E-state index in [-0.39, 0.29) is 11.6 Å². The molecular weight excluding hydrogens is 233 g/mol. The number of anilines is 1. The molecule has 18 heavy (non-hydrogen) atoms. The Morgan fingerprint density at radius 3 is 2.89 bits per heavy atom. The summed E-state index contributed by atoms with van der Waals surface area (Å²) in [6.07, 6.45) is 2.44. The normalized spacial score (nSPS) is 10.3. The van der Waals surface area contributed by atoms with Gasteiger partial charge in [0.25, 0.3) is 5.91 Å². The molecule has 2 rings (SSSR count). The lowest BCUT2D eigenvalue weighted by molar-refractivity contribution is 0.101. The second-order valence-corrected chi connectivity index (χ2v) is 3.87. The van der Waals surface area contributed by atoms with Crippen molar-refractivity contribution in [2.75, 3.05) is 5.32 Å². The van der Waals surface area contributed by atoms with Crippen LogP contribution in [0.2, 0.25) is 0 Å². The van der Waals surface area contributed by atoms with Gasteiger partial charge in [0.05, 0.1) is 5.69 Å². The van der Waals surface area contributed by atoms with E-state index in [4.69, 9.17) is 0 Å². The molecule has 4 nitrogen and oxygen atoms in total. The van der Waals surface area contributed by atoms with E-state index in [0.29, 0.717) is 12.2 Å². The lowest BCUT2D eigenvalue weighted by Gasteiger charge is -2.08. The van der Waals surface area contributed by atoms with Crippen molar-refractivity contribution >= 4 is 11.6 Å². The maximum atomic E-state index is 13.4. The molecular formula is C13H14FN3O. The Bertz CT molecular complexity index is 551. The summed E-state index contributed by atoms with van der Waals surface area (Å²) in [6, 6.07) is 7.69. The standard InChI is InChI=1S/C13H14FN3O/c1-2-9-17-12(7-8-15-17)13(18)16-11-6-4-3-5-10(11)14/h3-8H,2,9H2,1H3,(H,16,18). The predicted octanol–water partition coefficient (Wildman–Crippen LogP) is 2.68. The molecule has 1 heterocycles. The molecule has 0 radical (unpaired) electrons. The van der Waals surface area contributed by atoms with Crippen molar-refractivity contribution in [3.8, 4) is 0 Å². The molecule has 0 saturated carbocycles. The summed E-state index contributed by atoms with van der Waals surface area (Å²) < 4.78 is 15.0. The van der Waals surface area contributed by atoms with E-state index in [1.807, 2.05) is 6.92 Å². The van der Waals surface area contributed by atoms with Crippen LogP contribution in [0.15, 0.2) is 36.5 Å². The van der Waals surface area contributed by atoms with Crippen molar-refractivity contribution in [1.29, 1.82) is 0 Å². The summed E-state index contributed by atoms with van der Waals surface area (Å²) in [5, 5.41) is 6.59. The van der Waals surface area contributed by atoms with Gasteiger partial charge in [0, 0.05) is 12.7 Å². The molecule has 1 aromatic heterocycles. The van der Waals surface area contributed by atoms with E-state index in [2.05, 4.69) is 10.4 Å². The molecule has 1 amide bonds. The van der Waals surface area contributed by atoms with Crippen molar-refractivity contribution < 1.29 is 9.18 Å². The molecule has 0 aliphatic carbocycles. The van der Waals surface area contributed by atoms with Crippen LogP contribution < -0.4 is 5.32 Å². The highest BCUT2D eigenvalue weighted by atomic mass is 19.1. The summed E-state index contributed by atoms with van der Waals surface area (Å²) in [5.41, 5.74) is 0.604. The largest absolute Gasteiger partial charge is 0.318 e. The van der Waals surface area contributed by atoms with Gasteiger partial charge in [0.15, 0.2) is 0 Å². The van der Waals surface area contributed by atoms with Crippen molar-refractivity contribution in [2.24, 2.45) is 0 Å². The molecule has 94 valence electrons. The highest BCUT2D eigenvalue weighted by molar-refractivity contribution is 6.03. The molecule has 0 aliphatic rings. The molecule has 0 aliphatic heterocycles. The summed E-state index contributed by atoms with van der Waals surface area (Å²) in [6.45, 7) is 2.66. The Labute approximate surface area is 104 Å². The number of carbonyl (C=O) groups is 1. The number of rotatable bonds is 4. The number of hydrogen-bond donors (Lipinski definition) is 1. The van der Waals surface area contributed by atoms with E-state index in [0.717, 1.165) is 6.42 Å². The number of aryl methyl sites for hydroxylation is 1. The number of halogens is 1. The van der Waals surface area contributed by atoms with Crippen LogP contribution in [0.1, 0.15) is 23.8 Å². The highest BCUT2D eigenvalue weighted by Crippen LogP contribution is 2.14. The minimum absolute atomic E-state index is 0.173. The summed E-state index contributed by atoms with van der Waals surface area (Å²) >= 11 is 0. The molecule has 0 unspecified atom stereocenters. The first-order chi connectivity index (χ1) is 8.72. The molecule has 2 aromatic rings. The van der Waals surface area contributed by atoms with E-state index >= 15 is 0 Å². The zero-order chi connectivity index (χ0) is 13.0. The van der Waals surface area contributed by atoms with Crippen LogP contribution in [0.25, 0.3) is 0 Å². The average molecular weight is 247 g/mol. The number of amides is 1. The van der Waals surface area contributed by atoms with Gasteiger partial charge in [0.2, 0.25) is 0 Å². The maximum absolute atomic E-state index is 13.4. The second kappa shape index (κ2) is 5.44. The van der Waals surface area contributed by atoms with Gasteiger partial charge in [-0.2, -0.15) is 5.10 Å². The van der Waals surface area contributed by atoms with Crippen molar-refractivity contribution in [1.82, 2.24) is 9.78 Å². The minimum Gasteiger partial charge on any atom is -0.318 e. The number of aromatic nitrogens is 2. The predicted molar refractivity (Wildman–Crippen MR) is 66.9 cm³/mol. The summed E-state index contributed by atoms with van der Waals surface area (Å²) in [4.78, 5) is 12.0. The van der Waals surface area contributed by atoms with Gasteiger partial charge >= 0.3 is 0 Å². The molecule has 5 heteroatoms. The highest BCUT2D eigenvalue weighted by Gasteiger charge is 2.13. The number of carbonyl (C=O) groups excluding carboxylic acids is 1. The van der Waals surface area contributed by atoms with Gasteiger partial charge in [-0.25, -0.2) is 4.39 Å². The smallest absolute Gasteiger partial charge is 0.274 e. The Morgan fingerprint density at radius 2 is 2.17 bits per heavy atom. The summed E-state index contributed by atoms with van der Waals surface area (Å²) in [5.74, 6) is -0.807. The van der Waals surface area contributed by atoms with Gasteiger partial charge in [-0.15, -0.1) is 0 Å². The number of nitrogens with one attached hydrogen (secondary N) is 1. The topological polar surface area (TPSA) is 46.9 Å². The first-order valence-corrected chi connectivity index (χ1v) is 5.80. The Hall–Kier alpha value is -2.17. The van der Waals surface area contributed by atoms with Crippen LogP contribution >= 0.6 is 0 Å². The third-order valence-corrected chi connectivity index (χ3v) is 2.51. The van der Waals surface area contributed by atoms with E-state index in [1.165, 1.54) is 12.1 Å². The Morgan fingerprint density at radius 1 is 1.39 bits per heavy atom. The molecule has 1 aromatic carbocycles. The Balaban J connectivity index is 2.17. The van der Waals surface area contributed by atoms with Crippen LogP contribution in [0.5, 0.6) is 0 Å². The van der Waals surface area contributed by atoms with Crippen LogP contribution in [-0.2, 0) is 6.54 Å². The third-order valence-electron chi connectivity index (χ3n) is 2.51. The van der Waals surface area contributed by atoms with E-state index in [1.54, 1.807) is 29.1 Å². The monoisotopic (exact) mass is 247 g/mol. The van der Waals surface area contributed by atoms with Crippen LogP contribution in [-0.4, -0.2) is 15.7 Å². The number of nitrogens with zero attached hydrogens (tertiary/aromatic N) is 2. The average Bonchev–Trinajstić information content (AvgIpc) is 2.81. The van der Waals surface area contributed by atoms with Gasteiger partial charge in [0.1, 0.15) is 11.5 Å². The molecule has 0 bridgehead atoms. The fraction of sp³-hybridized carbons (Fsp3) is 0.231. The number of para-hydroxylation sites is 1. The molecule has 0 fully saturated rings. The van der Waals surface area contributed by atoms with Crippen molar-refractivity contribution in [3.63, 3.8) is 0 Å². The molecule has 1 N–H and O–H groups in total. The van der Waals surface area contributed by atoms with Gasteiger partial charge < -0.3 is 5.32 Å². The van der Waals surface area contributed by atoms with Crippen LogP contribution in [0.4, 0.5) is 10.1 Å². The van der Waals surface area contributed by atoms with E-state index < -0.39 is 5.82 Å². The van der Waals surface area contributed by atoms with Crippen LogP contribution in [0.3, 0.4) is 0 Å². The zero-order valence-corrected chi connectivity index (χ0v) is 10.1. The lowest BCUT2D eigenvalue weighted by Crippen LogP contribution is -2.18. The first kappa shape index (κ1) is 12.3. The third kappa shape index (κ3) is 2.56. The van der Waals surface area contributed by atoms with Crippen molar-refractivity contribution in [2.45, 2.75) is 19.9 Å². The van der Waals surface area contributed by atoms with E-state index in [9.17, 15) is 9.18 Å². The maximum Gasteiger partial charge on any atom is 0.274 e. The summed E-state index contributed by atoms with van der Waals surface area (Å²) in [7, 11) is 0.